The predicted molar refractivity (Wildman–Crippen MR) is 127 cm³/mol. The highest BCUT2D eigenvalue weighted by Gasteiger charge is 2.29. The first kappa shape index (κ1) is 21.5. The van der Waals surface area contributed by atoms with Gasteiger partial charge in [0, 0.05) is 34.5 Å². The van der Waals surface area contributed by atoms with Gasteiger partial charge in [-0.15, -0.1) is 12.4 Å². The lowest BCUT2D eigenvalue weighted by atomic mass is 10.1. The second-order valence-corrected chi connectivity index (χ2v) is 9.72. The van der Waals surface area contributed by atoms with Gasteiger partial charge in [0.2, 0.25) is 0 Å². The summed E-state index contributed by atoms with van der Waals surface area (Å²) in [6.45, 7) is 6.57. The maximum Gasteiger partial charge on any atom is 0.251 e. The Morgan fingerprint density at radius 2 is 1.83 bits per heavy atom. The lowest BCUT2D eigenvalue weighted by Crippen LogP contribution is -2.40. The van der Waals surface area contributed by atoms with Crippen LogP contribution in [0.5, 0.6) is 0 Å². The number of hydrogen-bond acceptors (Lipinski definition) is 4. The van der Waals surface area contributed by atoms with Gasteiger partial charge in [0.15, 0.2) is 0 Å². The molecule has 2 aromatic carbocycles. The van der Waals surface area contributed by atoms with E-state index in [1.165, 1.54) is 59.9 Å². The molecule has 1 N–H and O–H groups in total. The minimum Gasteiger partial charge on any atom is -0.352 e. The molecule has 160 valence electrons. The Labute approximate surface area is 189 Å². The highest BCUT2D eigenvalue weighted by Crippen LogP contribution is 2.49. The Kier molecular flexibility index (Phi) is 6.61. The molecule has 1 atom stereocenters. The van der Waals surface area contributed by atoms with E-state index in [0.29, 0.717) is 12.0 Å². The Hall–Kier alpha value is -1.69. The number of benzene rings is 2. The van der Waals surface area contributed by atoms with Crippen molar-refractivity contribution in [3.63, 3.8) is 0 Å². The van der Waals surface area contributed by atoms with Gasteiger partial charge in [-0.25, -0.2) is 0 Å². The van der Waals surface area contributed by atoms with Gasteiger partial charge in [0.05, 0.1) is 11.4 Å². The van der Waals surface area contributed by atoms with E-state index in [4.69, 9.17) is 0 Å². The number of carbonyl (C=O) groups is 1. The van der Waals surface area contributed by atoms with Crippen molar-refractivity contribution in [2.45, 2.75) is 48.4 Å². The second kappa shape index (κ2) is 9.21. The van der Waals surface area contributed by atoms with E-state index in [9.17, 15) is 4.79 Å². The number of fused-ring (bicyclic) bond motifs is 2. The largest absolute Gasteiger partial charge is 0.352 e. The van der Waals surface area contributed by atoms with Crippen molar-refractivity contribution in [1.82, 2.24) is 10.2 Å². The number of amides is 1. The summed E-state index contributed by atoms with van der Waals surface area (Å²) in [6.07, 6.45) is 5.11. The molecular formula is C24H30ClN3OS. The molecule has 5 rings (SSSR count). The molecule has 1 amide bonds. The number of carbonyl (C=O) groups excluding carboxylic acids is 1. The minimum absolute atomic E-state index is 0. The average molecular weight is 444 g/mol. The average Bonchev–Trinajstić information content (AvgIpc) is 3.44. The van der Waals surface area contributed by atoms with Crippen LogP contribution in [0.25, 0.3) is 0 Å². The van der Waals surface area contributed by atoms with E-state index in [1.54, 1.807) is 0 Å². The summed E-state index contributed by atoms with van der Waals surface area (Å²) in [6, 6.07) is 15.2. The van der Waals surface area contributed by atoms with E-state index in [1.807, 2.05) is 17.8 Å². The molecule has 2 aliphatic heterocycles. The zero-order valence-electron chi connectivity index (χ0n) is 17.5. The predicted octanol–water partition coefficient (Wildman–Crippen LogP) is 5.34. The van der Waals surface area contributed by atoms with Crippen molar-refractivity contribution in [3.8, 4) is 0 Å². The number of hydrogen-bond donors (Lipinski definition) is 1. The van der Waals surface area contributed by atoms with Crippen molar-refractivity contribution in [2.75, 3.05) is 31.1 Å². The third kappa shape index (κ3) is 4.48. The summed E-state index contributed by atoms with van der Waals surface area (Å²) in [5, 5.41) is 3.12. The fourth-order valence-corrected chi connectivity index (χ4v) is 5.53. The van der Waals surface area contributed by atoms with Gasteiger partial charge in [-0.3, -0.25) is 4.79 Å². The maximum absolute atomic E-state index is 12.7. The Balaban J connectivity index is 0.00000218. The summed E-state index contributed by atoms with van der Waals surface area (Å²) in [7, 11) is 0. The van der Waals surface area contributed by atoms with Gasteiger partial charge in [0.1, 0.15) is 0 Å². The Morgan fingerprint density at radius 1 is 1.10 bits per heavy atom. The van der Waals surface area contributed by atoms with Crippen LogP contribution >= 0.6 is 24.2 Å². The lowest BCUT2D eigenvalue weighted by Gasteiger charge is -2.39. The summed E-state index contributed by atoms with van der Waals surface area (Å²) >= 11 is 1.81. The molecule has 2 heterocycles. The number of halogens is 1. The zero-order chi connectivity index (χ0) is 19.8. The second-order valence-electron chi connectivity index (χ2n) is 8.63. The van der Waals surface area contributed by atoms with Crippen LogP contribution in [0, 0.1) is 5.92 Å². The van der Waals surface area contributed by atoms with Crippen LogP contribution in [0.4, 0.5) is 11.4 Å². The first-order chi connectivity index (χ1) is 14.2. The summed E-state index contributed by atoms with van der Waals surface area (Å²) in [5.74, 6) is 0.742. The first-order valence-electron chi connectivity index (χ1n) is 10.9. The molecule has 0 radical (unpaired) electrons. The van der Waals surface area contributed by atoms with Crippen LogP contribution in [0.1, 0.15) is 43.0 Å². The summed E-state index contributed by atoms with van der Waals surface area (Å²) in [4.78, 5) is 20.3. The first-order valence-corrected chi connectivity index (χ1v) is 11.7. The molecule has 4 nitrogen and oxygen atoms in total. The van der Waals surface area contributed by atoms with Gasteiger partial charge in [-0.05, 0) is 81.9 Å². The third-order valence-electron chi connectivity index (χ3n) is 6.24. The molecule has 0 spiro atoms. The fraction of sp³-hybridized carbons (Fsp3) is 0.458. The normalized spacial score (nSPS) is 18.9. The smallest absolute Gasteiger partial charge is 0.251 e. The molecule has 2 aromatic rings. The topological polar surface area (TPSA) is 35.6 Å². The van der Waals surface area contributed by atoms with Crippen LogP contribution in [0.2, 0.25) is 0 Å². The number of para-hydroxylation sites is 1. The summed E-state index contributed by atoms with van der Waals surface area (Å²) < 4.78 is 0. The van der Waals surface area contributed by atoms with E-state index < -0.39 is 0 Å². The van der Waals surface area contributed by atoms with Crippen molar-refractivity contribution < 1.29 is 4.79 Å². The van der Waals surface area contributed by atoms with E-state index >= 15 is 0 Å². The molecule has 30 heavy (non-hydrogen) atoms. The van der Waals surface area contributed by atoms with Crippen LogP contribution in [-0.2, 0) is 0 Å². The maximum atomic E-state index is 12.7. The Bertz CT molecular complexity index is 911. The molecule has 1 saturated carbocycles. The SMILES string of the molecule is CC(CN1CCCC1)N1c2ccccc2Sc2ccc(C(=O)NCC3CC3)cc21.Cl. The number of rotatable bonds is 6. The van der Waals surface area contributed by atoms with Gasteiger partial charge in [0.25, 0.3) is 5.91 Å². The number of nitrogens with one attached hydrogen (secondary N) is 1. The zero-order valence-corrected chi connectivity index (χ0v) is 19.1. The standard InChI is InChI=1S/C24H29N3OS.ClH/c1-17(16-26-12-4-5-13-26)27-20-6-2-3-7-22(20)29-23-11-10-19(14-21(23)27)24(28)25-15-18-8-9-18;/h2-3,6-7,10-11,14,17-18H,4-5,8-9,12-13,15-16H2,1H3,(H,25,28);1H. The molecule has 0 bridgehead atoms. The van der Waals surface area contributed by atoms with Gasteiger partial charge in [-0.1, -0.05) is 23.9 Å². The van der Waals surface area contributed by atoms with Crippen LogP contribution in [0.15, 0.2) is 52.3 Å². The molecule has 1 saturated heterocycles. The monoisotopic (exact) mass is 443 g/mol. The van der Waals surface area contributed by atoms with E-state index in [2.05, 4.69) is 58.4 Å². The molecule has 1 unspecified atom stereocenters. The molecule has 0 aromatic heterocycles. The van der Waals surface area contributed by atoms with Crippen molar-refractivity contribution in [3.05, 3.63) is 48.0 Å². The van der Waals surface area contributed by atoms with Crippen LogP contribution in [-0.4, -0.2) is 43.0 Å². The number of likely N-dealkylation sites (tertiary alicyclic amines) is 1. The van der Waals surface area contributed by atoms with Crippen molar-refractivity contribution in [1.29, 1.82) is 0 Å². The number of nitrogens with zero attached hydrogens (tertiary/aromatic N) is 2. The van der Waals surface area contributed by atoms with Crippen molar-refractivity contribution in [2.24, 2.45) is 5.92 Å². The quantitative estimate of drug-likeness (QED) is 0.654. The molecular weight excluding hydrogens is 414 g/mol. The van der Waals surface area contributed by atoms with Crippen molar-refractivity contribution >= 4 is 41.5 Å². The van der Waals surface area contributed by atoms with Gasteiger partial charge in [-0.2, -0.15) is 0 Å². The van der Waals surface area contributed by atoms with Crippen LogP contribution < -0.4 is 10.2 Å². The highest BCUT2D eigenvalue weighted by atomic mass is 35.5. The van der Waals surface area contributed by atoms with Gasteiger partial charge < -0.3 is 15.1 Å². The van der Waals surface area contributed by atoms with E-state index in [-0.39, 0.29) is 18.3 Å². The minimum atomic E-state index is 0. The molecule has 2 fully saturated rings. The highest BCUT2D eigenvalue weighted by molar-refractivity contribution is 7.99. The molecule has 3 aliphatic rings. The van der Waals surface area contributed by atoms with Crippen LogP contribution in [0.3, 0.4) is 0 Å². The van der Waals surface area contributed by atoms with Gasteiger partial charge >= 0.3 is 0 Å². The fourth-order valence-electron chi connectivity index (χ4n) is 4.48. The summed E-state index contributed by atoms with van der Waals surface area (Å²) in [5.41, 5.74) is 3.19. The third-order valence-corrected chi connectivity index (χ3v) is 7.37. The van der Waals surface area contributed by atoms with E-state index in [0.717, 1.165) is 18.7 Å². The lowest BCUT2D eigenvalue weighted by molar-refractivity contribution is 0.0951. The molecule has 1 aliphatic carbocycles. The molecule has 6 heteroatoms. The Morgan fingerprint density at radius 3 is 2.60 bits per heavy atom. The number of anilines is 2.